The quantitative estimate of drug-likeness (QED) is 0.370. The molecule has 0 aromatic carbocycles. The van der Waals surface area contributed by atoms with Crippen molar-refractivity contribution >= 4 is 23.5 Å². The van der Waals surface area contributed by atoms with E-state index in [2.05, 4.69) is 15.6 Å². The van der Waals surface area contributed by atoms with Gasteiger partial charge in [0.15, 0.2) is 5.69 Å². The lowest BCUT2D eigenvalue weighted by Crippen LogP contribution is -2.51. The number of pyridine rings is 1. The van der Waals surface area contributed by atoms with E-state index in [0.29, 0.717) is 0 Å². The molecule has 3 unspecified atom stereocenters. The Kier molecular flexibility index (Phi) is 8.56. The Hall–Kier alpha value is -2.97. The van der Waals surface area contributed by atoms with Crippen LogP contribution in [0.1, 0.15) is 51.5 Å². The van der Waals surface area contributed by atoms with E-state index >= 15 is 0 Å². The predicted octanol–water partition coefficient (Wildman–Crippen LogP) is 1.41. The molecule has 0 aliphatic heterocycles. The molecule has 28 heavy (non-hydrogen) atoms. The summed E-state index contributed by atoms with van der Waals surface area (Å²) >= 11 is 0. The van der Waals surface area contributed by atoms with E-state index in [4.69, 9.17) is 10.1 Å². The van der Waals surface area contributed by atoms with Gasteiger partial charge in [-0.1, -0.05) is 20.8 Å². The highest BCUT2D eigenvalue weighted by molar-refractivity contribution is 5.98. The third-order valence-corrected chi connectivity index (χ3v) is 4.08. The summed E-state index contributed by atoms with van der Waals surface area (Å²) in [5, 5.41) is 22.8. The minimum atomic E-state index is -0.924. The summed E-state index contributed by atoms with van der Waals surface area (Å²) < 4.78 is 5.42. The van der Waals surface area contributed by atoms with Crippen LogP contribution in [0.5, 0.6) is 5.75 Å². The van der Waals surface area contributed by atoms with E-state index in [1.807, 2.05) is 0 Å². The molecule has 9 heteroatoms. The lowest BCUT2D eigenvalue weighted by Gasteiger charge is -2.27. The molecule has 1 rings (SSSR count). The van der Waals surface area contributed by atoms with Crippen molar-refractivity contribution in [3.8, 4) is 5.75 Å². The molecule has 0 aliphatic rings. The largest absolute Gasteiger partial charge is 0.505 e. The molecule has 1 aromatic heterocycles. The Morgan fingerprint density at radius 3 is 2.36 bits per heavy atom. The van der Waals surface area contributed by atoms with Crippen molar-refractivity contribution in [2.24, 2.45) is 5.92 Å². The molecule has 0 saturated heterocycles. The monoisotopic (exact) mass is 392 g/mol. The molecule has 0 fully saturated rings. The minimum absolute atomic E-state index is 0.0581. The first-order valence-electron chi connectivity index (χ1n) is 9.08. The second-order valence-corrected chi connectivity index (χ2v) is 6.79. The molecule has 9 nitrogen and oxygen atoms in total. The van der Waals surface area contributed by atoms with E-state index in [-0.39, 0.29) is 35.4 Å². The van der Waals surface area contributed by atoms with Gasteiger partial charge in [-0.15, -0.1) is 0 Å². The predicted molar refractivity (Wildman–Crippen MR) is 103 cm³/mol. The van der Waals surface area contributed by atoms with Crippen molar-refractivity contribution in [1.82, 2.24) is 15.6 Å². The number of hydrogen-bond donors (Lipinski definition) is 4. The summed E-state index contributed by atoms with van der Waals surface area (Å²) in [5.74, 6) is -2.12. The number of carbonyl (C=O) groups excluding carboxylic acids is 3. The normalized spacial score (nSPS) is 13.9. The number of aromatic hydroxyl groups is 1. The van der Waals surface area contributed by atoms with Gasteiger partial charge in [0.05, 0.1) is 0 Å². The van der Waals surface area contributed by atoms with Crippen molar-refractivity contribution in [1.29, 1.82) is 5.41 Å². The van der Waals surface area contributed by atoms with Crippen molar-refractivity contribution in [2.45, 2.75) is 59.2 Å². The van der Waals surface area contributed by atoms with Crippen LogP contribution in [0.25, 0.3) is 0 Å². The van der Waals surface area contributed by atoms with Crippen LogP contribution >= 0.6 is 0 Å². The number of nitrogens with one attached hydrogen (secondary N) is 3. The molecular weight excluding hydrogens is 364 g/mol. The molecule has 1 heterocycles. The smallest absolute Gasteiger partial charge is 0.329 e. The van der Waals surface area contributed by atoms with E-state index < -0.39 is 30.1 Å². The number of aromatic nitrogens is 1. The number of hydrogen-bond acceptors (Lipinski definition) is 7. The lowest BCUT2D eigenvalue weighted by molar-refractivity contribution is -0.154. The van der Waals surface area contributed by atoms with Gasteiger partial charge in [-0.25, -0.2) is 9.78 Å². The fraction of sp³-hybridized carbons (Fsp3) is 0.526. The summed E-state index contributed by atoms with van der Waals surface area (Å²) in [5.41, 5.74) is -0.134. The fourth-order valence-corrected chi connectivity index (χ4v) is 2.46. The van der Waals surface area contributed by atoms with Gasteiger partial charge in [0.2, 0.25) is 5.91 Å². The zero-order chi connectivity index (χ0) is 21.4. The van der Waals surface area contributed by atoms with Crippen LogP contribution in [0.15, 0.2) is 18.3 Å². The average Bonchev–Trinajstić information content (AvgIpc) is 2.63. The first-order valence-corrected chi connectivity index (χ1v) is 9.08. The summed E-state index contributed by atoms with van der Waals surface area (Å²) in [6, 6.07) is 1.04. The molecule has 154 valence electrons. The van der Waals surface area contributed by atoms with Crippen molar-refractivity contribution in [2.75, 3.05) is 0 Å². The second kappa shape index (κ2) is 10.4. The molecule has 0 aliphatic carbocycles. The highest BCUT2D eigenvalue weighted by Crippen LogP contribution is 2.14. The first-order chi connectivity index (χ1) is 13.1. The Morgan fingerprint density at radius 2 is 1.86 bits per heavy atom. The maximum Gasteiger partial charge on any atom is 0.329 e. The van der Waals surface area contributed by atoms with Gasteiger partial charge in [0, 0.05) is 18.3 Å². The van der Waals surface area contributed by atoms with Gasteiger partial charge < -0.3 is 25.9 Å². The topological polar surface area (TPSA) is 141 Å². The Balaban J connectivity index is 2.89. The van der Waals surface area contributed by atoms with Gasteiger partial charge in [-0.3, -0.25) is 9.59 Å². The van der Waals surface area contributed by atoms with E-state index in [1.165, 1.54) is 32.2 Å². The average molecular weight is 392 g/mol. The Labute approximate surface area is 164 Å². The molecule has 0 saturated carbocycles. The standard InChI is InChI=1S/C19H28N4O5/c1-6-14(25)22-15(10(2)3)19(27)28-12(5)16(11(4)20)23-18(26)17-13(24)8-7-9-21-17/h7-10,12,15-16,20,24H,6H2,1-5H3,(H,22,25)(H,23,26). The molecule has 1 aromatic rings. The minimum Gasteiger partial charge on any atom is -0.505 e. The lowest BCUT2D eigenvalue weighted by atomic mass is 10.0. The van der Waals surface area contributed by atoms with Gasteiger partial charge in [-0.05, 0) is 31.9 Å². The van der Waals surface area contributed by atoms with Crippen LogP contribution in [0.3, 0.4) is 0 Å². The Morgan fingerprint density at radius 1 is 1.21 bits per heavy atom. The van der Waals surface area contributed by atoms with Crippen molar-refractivity contribution in [3.63, 3.8) is 0 Å². The number of amides is 2. The van der Waals surface area contributed by atoms with Crippen molar-refractivity contribution < 1.29 is 24.2 Å². The van der Waals surface area contributed by atoms with Gasteiger partial charge in [-0.2, -0.15) is 0 Å². The van der Waals surface area contributed by atoms with Crippen LogP contribution in [0.2, 0.25) is 0 Å². The molecule has 0 spiro atoms. The zero-order valence-corrected chi connectivity index (χ0v) is 16.8. The molecule has 4 N–H and O–H groups in total. The van der Waals surface area contributed by atoms with Crippen molar-refractivity contribution in [3.05, 3.63) is 24.0 Å². The number of esters is 1. The van der Waals surface area contributed by atoms with Gasteiger partial charge in [0.1, 0.15) is 23.9 Å². The molecule has 3 atom stereocenters. The van der Waals surface area contributed by atoms with Gasteiger partial charge in [0.25, 0.3) is 5.91 Å². The van der Waals surface area contributed by atoms with Gasteiger partial charge >= 0.3 is 5.97 Å². The van der Waals surface area contributed by atoms with Crippen LogP contribution in [-0.4, -0.2) is 51.8 Å². The molecular formula is C19H28N4O5. The zero-order valence-electron chi connectivity index (χ0n) is 16.8. The SMILES string of the molecule is CCC(=O)NC(C(=O)OC(C)C(NC(=O)c1ncccc1O)C(C)=N)C(C)C. The van der Waals surface area contributed by atoms with E-state index in [0.717, 1.165) is 0 Å². The summed E-state index contributed by atoms with van der Waals surface area (Å²) in [4.78, 5) is 40.3. The van der Waals surface area contributed by atoms with Crippen LogP contribution < -0.4 is 10.6 Å². The fourth-order valence-electron chi connectivity index (χ4n) is 2.46. The summed E-state index contributed by atoms with van der Waals surface area (Å²) in [6.07, 6.45) is 0.714. The highest BCUT2D eigenvalue weighted by atomic mass is 16.5. The Bertz CT molecular complexity index is 735. The van der Waals surface area contributed by atoms with Crippen LogP contribution in [0.4, 0.5) is 0 Å². The highest BCUT2D eigenvalue weighted by Gasteiger charge is 2.31. The number of ether oxygens (including phenoxy) is 1. The molecule has 0 radical (unpaired) electrons. The number of carbonyl (C=O) groups is 3. The first kappa shape index (κ1) is 23.1. The third-order valence-electron chi connectivity index (χ3n) is 4.08. The van der Waals surface area contributed by atoms with E-state index in [9.17, 15) is 19.5 Å². The third kappa shape index (κ3) is 6.33. The molecule has 2 amide bonds. The molecule has 0 bridgehead atoms. The van der Waals surface area contributed by atoms with Crippen LogP contribution in [-0.2, 0) is 14.3 Å². The maximum atomic E-state index is 12.5. The van der Waals surface area contributed by atoms with E-state index in [1.54, 1.807) is 20.8 Å². The number of nitrogens with zero attached hydrogens (tertiary/aromatic N) is 1. The van der Waals surface area contributed by atoms with Crippen LogP contribution in [0, 0.1) is 11.3 Å². The summed E-state index contributed by atoms with van der Waals surface area (Å²) in [7, 11) is 0. The summed E-state index contributed by atoms with van der Waals surface area (Å²) in [6.45, 7) is 8.23. The maximum absolute atomic E-state index is 12.5. The number of rotatable bonds is 9. The second-order valence-electron chi connectivity index (χ2n) is 6.79.